The van der Waals surface area contributed by atoms with Gasteiger partial charge in [0.2, 0.25) is 0 Å². The fraction of sp³-hybridized carbons (Fsp3) is 0.333. The van der Waals surface area contributed by atoms with Crippen molar-refractivity contribution in [2.45, 2.75) is 13.3 Å². The number of hydrogen-bond donors (Lipinski definition) is 0. The zero-order chi connectivity index (χ0) is 5.28. The van der Waals surface area contributed by atoms with Crippen molar-refractivity contribution in [1.82, 2.24) is 0 Å². The third-order valence-corrected chi connectivity index (χ3v) is 3.32. The molecule has 0 unspecified atom stereocenters. The minimum atomic E-state index is 0.907. The predicted octanol–water partition coefficient (Wildman–Crippen LogP) is 1.39. The van der Waals surface area contributed by atoms with E-state index >= 15 is 0 Å². The fourth-order valence-electron chi connectivity index (χ4n) is 0.716. The van der Waals surface area contributed by atoms with Crippen LogP contribution in [0.2, 0.25) is 0 Å². The molecule has 32 valence electrons. The molecule has 1 aliphatic carbocycles. The number of hydrogen-bond acceptors (Lipinski definition) is 0. The Morgan fingerprint density at radius 2 is 2.43 bits per heavy atom. The summed E-state index contributed by atoms with van der Waals surface area (Å²) in [5.74, 6) is 0. The van der Waals surface area contributed by atoms with Gasteiger partial charge in [-0.1, -0.05) is 0 Å². The molecule has 0 atom stereocenters. The molecule has 0 saturated carbocycles. The summed E-state index contributed by atoms with van der Waals surface area (Å²) in [7, 11) is 0. The number of allylic oxidation sites excluding steroid dienone is 4. The second-order valence-electron chi connectivity index (χ2n) is 2.07. The van der Waals surface area contributed by atoms with E-state index in [0.29, 0.717) is 0 Å². The van der Waals surface area contributed by atoms with Crippen molar-refractivity contribution in [2.75, 3.05) is 0 Å². The third-order valence-electron chi connectivity index (χ3n) is 1.47. The molecule has 0 fully saturated rings. The summed E-state index contributed by atoms with van der Waals surface area (Å²) in [5, 5.41) is 0. The Labute approximate surface area is 78.3 Å². The van der Waals surface area contributed by atoms with Crippen molar-refractivity contribution >= 4 is 49.0 Å². The van der Waals surface area contributed by atoms with E-state index in [9.17, 15) is 0 Å². The average molecular weight is 118 g/mol. The van der Waals surface area contributed by atoms with Gasteiger partial charge >= 0.3 is 79.7 Å². The molecular formula is C6H7K. The van der Waals surface area contributed by atoms with E-state index in [1.54, 1.807) is 5.24 Å². The second kappa shape index (κ2) is 2.60. The Bertz CT molecular complexity index is 131. The quantitative estimate of drug-likeness (QED) is 0.422. The first kappa shape index (κ1) is 6.24. The van der Waals surface area contributed by atoms with E-state index in [1.165, 1.54) is 6.42 Å². The minimum absolute atomic E-state index is 0.907. The molecule has 1 aliphatic rings. The van der Waals surface area contributed by atoms with E-state index in [4.69, 9.17) is 0 Å². The Morgan fingerprint density at radius 1 is 1.71 bits per heavy atom. The van der Waals surface area contributed by atoms with Crippen molar-refractivity contribution in [1.29, 1.82) is 0 Å². The molecule has 1 rings (SSSR count). The van der Waals surface area contributed by atoms with Gasteiger partial charge in [-0.3, -0.25) is 0 Å². The molecule has 0 heterocycles. The summed E-state index contributed by atoms with van der Waals surface area (Å²) in [6.07, 6.45) is 5.72. The summed E-state index contributed by atoms with van der Waals surface area (Å²) in [5.41, 5.74) is 1.60. The Kier molecular flexibility index (Phi) is 2.32. The zero-order valence-electron chi connectivity index (χ0n) is 4.86. The van der Waals surface area contributed by atoms with Crippen LogP contribution in [0, 0.1) is 0 Å². The van der Waals surface area contributed by atoms with Crippen LogP contribution in [0.4, 0.5) is 0 Å². The Hall–Kier alpha value is 1.12. The van der Waals surface area contributed by atoms with Crippen LogP contribution in [-0.2, 0) is 0 Å². The fourth-order valence-corrected chi connectivity index (χ4v) is 1.40. The molecule has 0 amide bonds. The molecule has 0 saturated heterocycles. The SMILES string of the molecule is CC1=[C]([K])C=CC1. The summed E-state index contributed by atoms with van der Waals surface area (Å²) in [4.78, 5) is 0. The summed E-state index contributed by atoms with van der Waals surface area (Å²) in [6.45, 7) is 2.22. The average Bonchev–Trinajstić information content (AvgIpc) is 1.91. The van der Waals surface area contributed by atoms with Gasteiger partial charge < -0.3 is 0 Å². The van der Waals surface area contributed by atoms with Crippen molar-refractivity contribution in [3.05, 3.63) is 17.4 Å². The van der Waals surface area contributed by atoms with E-state index in [0.717, 1.165) is 49.0 Å². The summed E-state index contributed by atoms with van der Waals surface area (Å²) >= 11 is 0.907. The molecule has 0 radical (unpaired) electrons. The summed E-state index contributed by atoms with van der Waals surface area (Å²) < 4.78 is 1.63. The van der Waals surface area contributed by atoms with Gasteiger partial charge in [-0.05, 0) is 0 Å². The van der Waals surface area contributed by atoms with Crippen molar-refractivity contribution in [2.24, 2.45) is 0 Å². The zero-order valence-corrected chi connectivity index (χ0v) is 7.98. The maximum absolute atomic E-state index is 2.26. The van der Waals surface area contributed by atoms with Crippen LogP contribution in [0.3, 0.4) is 0 Å². The Morgan fingerprint density at radius 3 is 2.57 bits per heavy atom. The van der Waals surface area contributed by atoms with Crippen LogP contribution in [0.1, 0.15) is 13.3 Å². The molecule has 0 aromatic carbocycles. The monoisotopic (exact) mass is 118 g/mol. The second-order valence-corrected chi connectivity index (χ2v) is 3.75. The molecule has 0 N–H and O–H groups in total. The molecule has 0 aromatic heterocycles. The van der Waals surface area contributed by atoms with Gasteiger partial charge in [-0.2, -0.15) is 0 Å². The van der Waals surface area contributed by atoms with Crippen molar-refractivity contribution in [3.8, 4) is 0 Å². The van der Waals surface area contributed by atoms with Gasteiger partial charge in [-0.15, -0.1) is 0 Å². The van der Waals surface area contributed by atoms with Gasteiger partial charge in [0.15, 0.2) is 0 Å². The third kappa shape index (κ3) is 1.51. The first-order valence-corrected chi connectivity index (χ1v) is 4.20. The molecule has 0 aliphatic heterocycles. The van der Waals surface area contributed by atoms with Crippen molar-refractivity contribution in [3.63, 3.8) is 0 Å². The predicted molar refractivity (Wildman–Crippen MR) is 32.2 cm³/mol. The molecule has 0 bridgehead atoms. The van der Waals surface area contributed by atoms with Crippen LogP contribution in [0.5, 0.6) is 0 Å². The topological polar surface area (TPSA) is 0 Å². The van der Waals surface area contributed by atoms with Crippen LogP contribution >= 0.6 is 0 Å². The summed E-state index contributed by atoms with van der Waals surface area (Å²) in [6, 6.07) is 0. The van der Waals surface area contributed by atoms with Crippen LogP contribution in [0.15, 0.2) is 17.4 Å². The molecule has 1 heteroatoms. The van der Waals surface area contributed by atoms with Gasteiger partial charge in [0.25, 0.3) is 0 Å². The Balaban J connectivity index is 2.79. The standard InChI is InChI=1S/C6H7.K/c1-6-4-2-3-5-6;/h2-3H,4H2,1H3;. The molecule has 0 spiro atoms. The first-order chi connectivity index (χ1) is 3.30. The van der Waals surface area contributed by atoms with E-state index in [1.807, 2.05) is 0 Å². The van der Waals surface area contributed by atoms with Crippen LogP contribution in [-0.4, -0.2) is 49.0 Å². The van der Waals surface area contributed by atoms with Crippen LogP contribution in [0.25, 0.3) is 0 Å². The van der Waals surface area contributed by atoms with Gasteiger partial charge in [0.05, 0.1) is 0 Å². The number of rotatable bonds is 0. The normalized spacial score (nSPS) is 19.3. The molecule has 0 nitrogen and oxygen atoms in total. The molecular weight excluding hydrogens is 111 g/mol. The van der Waals surface area contributed by atoms with E-state index < -0.39 is 0 Å². The van der Waals surface area contributed by atoms with Gasteiger partial charge in [0, 0.05) is 0 Å². The van der Waals surface area contributed by atoms with E-state index in [-0.39, 0.29) is 0 Å². The van der Waals surface area contributed by atoms with Crippen LogP contribution < -0.4 is 0 Å². The first-order valence-electron chi connectivity index (χ1n) is 2.63. The van der Waals surface area contributed by atoms with E-state index in [2.05, 4.69) is 19.1 Å². The maximum atomic E-state index is 2.26. The van der Waals surface area contributed by atoms with Gasteiger partial charge in [-0.25, -0.2) is 0 Å². The molecule has 0 aromatic rings. The molecule has 7 heavy (non-hydrogen) atoms. The van der Waals surface area contributed by atoms with Gasteiger partial charge in [0.1, 0.15) is 0 Å². The van der Waals surface area contributed by atoms with Crippen molar-refractivity contribution < 1.29 is 0 Å².